The number of pyridine rings is 1. The zero-order valence-electron chi connectivity index (χ0n) is 15.7. The highest BCUT2D eigenvalue weighted by atomic mass is 19.1. The van der Waals surface area contributed by atoms with Crippen molar-refractivity contribution in [2.75, 3.05) is 18.0 Å². The molecule has 5 heteroatoms. The fourth-order valence-corrected chi connectivity index (χ4v) is 4.48. The van der Waals surface area contributed by atoms with Crippen LogP contribution in [0.3, 0.4) is 0 Å². The summed E-state index contributed by atoms with van der Waals surface area (Å²) < 4.78 is 15.8. The Bertz CT molecular complexity index is 1060. The maximum atomic E-state index is 13.7. The Morgan fingerprint density at radius 3 is 2.67 bits per heavy atom. The Morgan fingerprint density at radius 1 is 1.11 bits per heavy atom. The molecule has 2 aliphatic heterocycles. The van der Waals surface area contributed by atoms with Crippen LogP contribution in [0.4, 0.5) is 10.2 Å². The number of hydrogen-bond donors (Lipinski definition) is 1. The molecule has 2 atom stereocenters. The van der Waals surface area contributed by atoms with Crippen molar-refractivity contribution < 1.29 is 4.39 Å². The van der Waals surface area contributed by atoms with Crippen LogP contribution in [0, 0.1) is 5.82 Å². The second-order valence-electron chi connectivity index (χ2n) is 7.87. The van der Waals surface area contributed by atoms with Gasteiger partial charge in [0.2, 0.25) is 0 Å². The van der Waals surface area contributed by atoms with Crippen molar-refractivity contribution in [2.45, 2.75) is 32.4 Å². The van der Waals surface area contributed by atoms with Crippen LogP contribution in [0.2, 0.25) is 0 Å². The van der Waals surface area contributed by atoms with Crippen molar-refractivity contribution in [3.63, 3.8) is 0 Å². The van der Waals surface area contributed by atoms with Crippen molar-refractivity contribution in [2.24, 2.45) is 0 Å². The summed E-state index contributed by atoms with van der Waals surface area (Å²) in [6.45, 7) is 10.5. The van der Waals surface area contributed by atoms with Crippen molar-refractivity contribution in [1.82, 2.24) is 14.9 Å². The monoisotopic (exact) mass is 362 g/mol. The zero-order chi connectivity index (χ0) is 18.7. The van der Waals surface area contributed by atoms with E-state index in [1.165, 1.54) is 6.07 Å². The lowest BCUT2D eigenvalue weighted by Gasteiger charge is -2.37. The summed E-state index contributed by atoms with van der Waals surface area (Å²) in [7, 11) is 0. The second-order valence-corrected chi connectivity index (χ2v) is 7.87. The fourth-order valence-electron chi connectivity index (χ4n) is 4.48. The smallest absolute Gasteiger partial charge is 0.143 e. The molecular formula is C22H23FN4. The zero-order valence-corrected chi connectivity index (χ0v) is 15.7. The average molecular weight is 362 g/mol. The van der Waals surface area contributed by atoms with Gasteiger partial charge in [0.1, 0.15) is 17.5 Å². The number of benzene rings is 1. The maximum absolute atomic E-state index is 13.7. The molecule has 2 aromatic heterocycles. The van der Waals surface area contributed by atoms with Gasteiger partial charge in [0.15, 0.2) is 0 Å². The number of anilines is 1. The molecule has 3 aromatic rings. The number of aromatic nitrogens is 2. The van der Waals surface area contributed by atoms with Crippen LogP contribution < -0.4 is 10.2 Å². The quantitative estimate of drug-likeness (QED) is 0.712. The summed E-state index contributed by atoms with van der Waals surface area (Å²) in [4.78, 5) is 7.40. The molecule has 4 heterocycles. The number of allylic oxidation sites excluding steroid dienone is 1. The minimum absolute atomic E-state index is 0.221. The highest BCUT2D eigenvalue weighted by Gasteiger charge is 2.26. The van der Waals surface area contributed by atoms with E-state index in [4.69, 9.17) is 4.98 Å². The van der Waals surface area contributed by atoms with E-state index in [2.05, 4.69) is 47.3 Å². The standard InChI is InChI=1S/C22H23FN4/c1-13-8-16-4-7-21(26-11-14(2)24-15(3)12-26)25-22(16)27-19-6-5-18(23)9-17(19)10-20(13)27/h4-7,9-10,14-15,24H,1,8,11-12H2,2-3H3/t14-,15+. The Balaban J connectivity index is 1.66. The van der Waals surface area contributed by atoms with Crippen LogP contribution in [-0.4, -0.2) is 34.7 Å². The van der Waals surface area contributed by atoms with Crippen molar-refractivity contribution >= 4 is 22.3 Å². The molecule has 0 spiro atoms. The summed E-state index contributed by atoms with van der Waals surface area (Å²) in [6.07, 6.45) is 0.774. The van der Waals surface area contributed by atoms with Crippen LogP contribution in [0.25, 0.3) is 22.3 Å². The van der Waals surface area contributed by atoms with Crippen LogP contribution in [0.15, 0.2) is 43.0 Å². The summed E-state index contributed by atoms with van der Waals surface area (Å²) in [5.74, 6) is 1.72. The number of nitrogens with zero attached hydrogens (tertiary/aromatic N) is 3. The molecule has 0 saturated carbocycles. The van der Waals surface area contributed by atoms with Gasteiger partial charge in [0.05, 0.1) is 11.2 Å². The van der Waals surface area contributed by atoms with Gasteiger partial charge < -0.3 is 10.2 Å². The van der Waals surface area contributed by atoms with Gasteiger partial charge in [-0.2, -0.15) is 0 Å². The largest absolute Gasteiger partial charge is 0.353 e. The maximum Gasteiger partial charge on any atom is 0.143 e. The Morgan fingerprint density at radius 2 is 1.89 bits per heavy atom. The highest BCUT2D eigenvalue weighted by molar-refractivity contribution is 5.89. The molecule has 1 aromatic carbocycles. The molecule has 4 nitrogen and oxygen atoms in total. The molecule has 0 unspecified atom stereocenters. The normalized spacial score (nSPS) is 22.0. The second kappa shape index (κ2) is 5.92. The lowest BCUT2D eigenvalue weighted by molar-refractivity contribution is 0.405. The Labute approximate surface area is 158 Å². The third kappa shape index (κ3) is 2.65. The number of rotatable bonds is 1. The van der Waals surface area contributed by atoms with E-state index in [1.807, 2.05) is 12.1 Å². The molecule has 5 rings (SSSR count). The van der Waals surface area contributed by atoms with E-state index in [0.717, 1.165) is 58.9 Å². The third-order valence-corrected chi connectivity index (χ3v) is 5.56. The number of piperazine rings is 1. The van der Waals surface area contributed by atoms with Gasteiger partial charge in [0, 0.05) is 42.5 Å². The predicted octanol–water partition coefficient (Wildman–Crippen LogP) is 3.92. The van der Waals surface area contributed by atoms with Gasteiger partial charge in [-0.1, -0.05) is 12.6 Å². The van der Waals surface area contributed by atoms with Gasteiger partial charge in [-0.05, 0) is 49.8 Å². The number of hydrogen-bond acceptors (Lipinski definition) is 3. The SMILES string of the molecule is C=C1Cc2ccc(N3C[C@@H](C)N[C@@H](C)C3)nc2-n2c1cc1cc(F)ccc12. The van der Waals surface area contributed by atoms with Gasteiger partial charge in [0.25, 0.3) is 0 Å². The van der Waals surface area contributed by atoms with Crippen LogP contribution in [-0.2, 0) is 6.42 Å². The topological polar surface area (TPSA) is 33.1 Å². The summed E-state index contributed by atoms with van der Waals surface area (Å²) in [5, 5.41) is 4.45. The minimum Gasteiger partial charge on any atom is -0.353 e. The fraction of sp³-hybridized carbons (Fsp3) is 0.318. The van der Waals surface area contributed by atoms with E-state index in [9.17, 15) is 4.39 Å². The molecule has 1 N–H and O–H groups in total. The molecule has 0 bridgehead atoms. The van der Waals surface area contributed by atoms with Crippen molar-refractivity contribution in [3.05, 3.63) is 60.1 Å². The molecule has 0 aliphatic carbocycles. The lowest BCUT2D eigenvalue weighted by atomic mass is 10.0. The van der Waals surface area contributed by atoms with E-state index < -0.39 is 0 Å². The summed E-state index contributed by atoms with van der Waals surface area (Å²) in [5.41, 5.74) is 4.20. The van der Waals surface area contributed by atoms with E-state index >= 15 is 0 Å². The first-order valence-corrected chi connectivity index (χ1v) is 9.50. The van der Waals surface area contributed by atoms with Gasteiger partial charge >= 0.3 is 0 Å². The summed E-state index contributed by atoms with van der Waals surface area (Å²) >= 11 is 0. The predicted molar refractivity (Wildman–Crippen MR) is 108 cm³/mol. The molecule has 0 amide bonds. The first kappa shape index (κ1) is 16.5. The molecule has 138 valence electrons. The molecule has 2 aliphatic rings. The molecule has 0 radical (unpaired) electrons. The van der Waals surface area contributed by atoms with Crippen LogP contribution in [0.1, 0.15) is 25.1 Å². The number of fused-ring (bicyclic) bond motifs is 5. The highest BCUT2D eigenvalue weighted by Crippen LogP contribution is 2.36. The van der Waals surface area contributed by atoms with E-state index in [-0.39, 0.29) is 5.82 Å². The lowest BCUT2D eigenvalue weighted by Crippen LogP contribution is -2.54. The third-order valence-electron chi connectivity index (χ3n) is 5.56. The molecule has 1 saturated heterocycles. The van der Waals surface area contributed by atoms with E-state index in [1.54, 1.807) is 6.07 Å². The van der Waals surface area contributed by atoms with Crippen LogP contribution >= 0.6 is 0 Å². The van der Waals surface area contributed by atoms with E-state index in [0.29, 0.717) is 12.1 Å². The number of halogens is 1. The average Bonchev–Trinajstić information content (AvgIpc) is 3.00. The van der Waals surface area contributed by atoms with Gasteiger partial charge in [-0.15, -0.1) is 0 Å². The first-order chi connectivity index (χ1) is 13.0. The van der Waals surface area contributed by atoms with Crippen molar-refractivity contribution in [1.29, 1.82) is 0 Å². The summed E-state index contributed by atoms with van der Waals surface area (Å²) in [6, 6.07) is 12.1. The number of nitrogens with one attached hydrogen (secondary N) is 1. The van der Waals surface area contributed by atoms with Crippen molar-refractivity contribution in [3.8, 4) is 5.82 Å². The van der Waals surface area contributed by atoms with Crippen LogP contribution in [0.5, 0.6) is 0 Å². The molecular weight excluding hydrogens is 339 g/mol. The molecule has 1 fully saturated rings. The first-order valence-electron chi connectivity index (χ1n) is 9.50. The molecule has 27 heavy (non-hydrogen) atoms. The van der Waals surface area contributed by atoms with Gasteiger partial charge in [-0.3, -0.25) is 4.57 Å². The Hall–Kier alpha value is -2.66. The Kier molecular flexibility index (Phi) is 3.62. The van der Waals surface area contributed by atoms with Gasteiger partial charge in [-0.25, -0.2) is 9.37 Å². The minimum atomic E-state index is -0.221.